The third kappa shape index (κ3) is 4.27. The normalized spacial score (nSPS) is 18.3. The van der Waals surface area contributed by atoms with Crippen LogP contribution in [0.1, 0.15) is 22.7 Å². The number of rotatable bonds is 6. The Balaban J connectivity index is 2.16. The van der Waals surface area contributed by atoms with Crippen molar-refractivity contribution in [3.63, 3.8) is 0 Å². The Hall–Kier alpha value is -2.64. The van der Waals surface area contributed by atoms with Crippen LogP contribution in [-0.4, -0.2) is 60.9 Å². The summed E-state index contributed by atoms with van der Waals surface area (Å²) in [7, 11) is 5.39. The molecule has 2 aromatic rings. The number of Topliss-reactive ketones (excluding diaryl/α,β-unsaturated/α-hetero) is 1. The lowest BCUT2D eigenvalue weighted by Crippen LogP contribution is -2.35. The zero-order valence-electron chi connectivity index (χ0n) is 17.5. The third-order valence-corrected chi connectivity index (χ3v) is 5.65. The number of likely N-dealkylation sites (tertiary alicyclic amines) is 1. The molecule has 1 aliphatic rings. The van der Waals surface area contributed by atoms with Crippen molar-refractivity contribution in [2.75, 3.05) is 34.3 Å². The summed E-state index contributed by atoms with van der Waals surface area (Å²) in [6.45, 7) is 2.82. The second-order valence-electron chi connectivity index (χ2n) is 7.54. The van der Waals surface area contributed by atoms with Gasteiger partial charge < -0.3 is 19.6 Å². The molecule has 1 fully saturated rings. The van der Waals surface area contributed by atoms with Crippen LogP contribution in [0.5, 0.6) is 5.75 Å². The molecule has 0 saturated carbocycles. The van der Waals surface area contributed by atoms with E-state index in [0.717, 1.165) is 15.6 Å². The largest absolute Gasteiger partial charge is 0.507 e. The molecule has 1 atom stereocenters. The van der Waals surface area contributed by atoms with Gasteiger partial charge in [0, 0.05) is 23.1 Å². The van der Waals surface area contributed by atoms with Gasteiger partial charge in [-0.3, -0.25) is 9.59 Å². The van der Waals surface area contributed by atoms with Gasteiger partial charge >= 0.3 is 0 Å². The first-order chi connectivity index (χ1) is 14.2. The Kier molecular flexibility index (Phi) is 6.63. The monoisotopic (exact) mass is 472 g/mol. The number of likely N-dealkylation sites (N-methyl/N-ethyl adjacent to an activating group) is 1. The molecule has 0 aliphatic carbocycles. The van der Waals surface area contributed by atoms with Crippen LogP contribution in [0, 0.1) is 6.92 Å². The first kappa shape index (κ1) is 22.1. The topological polar surface area (TPSA) is 70.1 Å². The molecule has 1 aliphatic heterocycles. The van der Waals surface area contributed by atoms with Crippen LogP contribution in [-0.2, 0) is 9.59 Å². The molecular weight excluding hydrogens is 448 g/mol. The second-order valence-corrected chi connectivity index (χ2v) is 8.45. The van der Waals surface area contributed by atoms with Crippen molar-refractivity contribution >= 4 is 33.4 Å². The van der Waals surface area contributed by atoms with Gasteiger partial charge in [0.05, 0.1) is 18.7 Å². The SMILES string of the molecule is COc1ccc(C(O)=C2C(=O)C(=O)N(CCN(C)C)[C@@H]2c2cccc(Br)c2)cc1C. The van der Waals surface area contributed by atoms with Crippen LogP contribution in [0.25, 0.3) is 5.76 Å². The van der Waals surface area contributed by atoms with Crippen molar-refractivity contribution < 1.29 is 19.4 Å². The summed E-state index contributed by atoms with van der Waals surface area (Å²) in [4.78, 5) is 29.4. The van der Waals surface area contributed by atoms with Gasteiger partial charge in [0.2, 0.25) is 0 Å². The quantitative estimate of drug-likeness (QED) is 0.393. The van der Waals surface area contributed by atoms with Gasteiger partial charge in [-0.25, -0.2) is 0 Å². The molecule has 1 N–H and O–H groups in total. The highest BCUT2D eigenvalue weighted by Gasteiger charge is 2.45. The van der Waals surface area contributed by atoms with Crippen LogP contribution < -0.4 is 4.74 Å². The average molecular weight is 473 g/mol. The molecule has 158 valence electrons. The lowest BCUT2D eigenvalue weighted by molar-refractivity contribution is -0.140. The number of carbonyl (C=O) groups excluding carboxylic acids is 2. The van der Waals surface area contributed by atoms with E-state index in [0.29, 0.717) is 24.4 Å². The van der Waals surface area contributed by atoms with Gasteiger partial charge in [-0.1, -0.05) is 28.1 Å². The maximum atomic E-state index is 13.0. The number of carbonyl (C=O) groups is 2. The minimum absolute atomic E-state index is 0.0985. The summed E-state index contributed by atoms with van der Waals surface area (Å²) in [6, 6.07) is 12.0. The number of aliphatic hydroxyl groups is 1. The van der Waals surface area contributed by atoms with Gasteiger partial charge in [0.15, 0.2) is 0 Å². The van der Waals surface area contributed by atoms with Gasteiger partial charge in [-0.2, -0.15) is 0 Å². The van der Waals surface area contributed by atoms with Crippen LogP contribution in [0.15, 0.2) is 52.5 Å². The second kappa shape index (κ2) is 9.02. The Morgan fingerprint density at radius 3 is 2.53 bits per heavy atom. The van der Waals surface area contributed by atoms with Gasteiger partial charge in [0.1, 0.15) is 11.5 Å². The molecular formula is C23H25BrN2O4. The number of benzene rings is 2. The van der Waals surface area contributed by atoms with E-state index in [2.05, 4.69) is 15.9 Å². The number of aryl methyl sites for hydroxylation is 1. The lowest BCUT2D eigenvalue weighted by Gasteiger charge is -2.26. The van der Waals surface area contributed by atoms with E-state index in [4.69, 9.17) is 4.74 Å². The number of amides is 1. The molecule has 0 bridgehead atoms. The lowest BCUT2D eigenvalue weighted by atomic mass is 9.95. The van der Waals surface area contributed by atoms with Crippen LogP contribution in [0.4, 0.5) is 0 Å². The third-order valence-electron chi connectivity index (χ3n) is 5.16. The minimum Gasteiger partial charge on any atom is -0.507 e. The highest BCUT2D eigenvalue weighted by molar-refractivity contribution is 9.10. The molecule has 1 heterocycles. The maximum absolute atomic E-state index is 13.0. The predicted molar refractivity (Wildman–Crippen MR) is 119 cm³/mol. The van der Waals surface area contributed by atoms with E-state index in [1.807, 2.05) is 50.2 Å². The molecule has 6 nitrogen and oxygen atoms in total. The predicted octanol–water partition coefficient (Wildman–Crippen LogP) is 3.75. The van der Waals surface area contributed by atoms with E-state index in [9.17, 15) is 14.7 Å². The van der Waals surface area contributed by atoms with Crippen molar-refractivity contribution in [3.8, 4) is 5.75 Å². The molecule has 1 saturated heterocycles. The molecule has 7 heteroatoms. The van der Waals surface area contributed by atoms with E-state index in [1.54, 1.807) is 25.3 Å². The van der Waals surface area contributed by atoms with Crippen molar-refractivity contribution in [2.45, 2.75) is 13.0 Å². The standard InChI is InChI=1S/C23H25BrN2O4/c1-14-12-16(8-9-18(14)30-4)21(27)19-20(15-6-5-7-17(24)13-15)26(11-10-25(2)3)23(29)22(19)28/h5-9,12-13,20,27H,10-11H2,1-4H3/t20-/m1/s1. The first-order valence-electron chi connectivity index (χ1n) is 9.58. The Labute approximate surface area is 184 Å². The van der Waals surface area contributed by atoms with E-state index < -0.39 is 17.7 Å². The van der Waals surface area contributed by atoms with Crippen LogP contribution in [0.2, 0.25) is 0 Å². The highest BCUT2D eigenvalue weighted by Crippen LogP contribution is 2.40. The molecule has 0 spiro atoms. The molecule has 0 unspecified atom stereocenters. The molecule has 0 radical (unpaired) electrons. The fourth-order valence-corrected chi connectivity index (χ4v) is 4.04. The first-order valence-corrected chi connectivity index (χ1v) is 10.4. The van der Waals surface area contributed by atoms with Crippen LogP contribution >= 0.6 is 15.9 Å². The van der Waals surface area contributed by atoms with Gasteiger partial charge in [0.25, 0.3) is 11.7 Å². The molecule has 1 amide bonds. The summed E-state index contributed by atoms with van der Waals surface area (Å²) < 4.78 is 6.11. The fraction of sp³-hybridized carbons (Fsp3) is 0.304. The highest BCUT2D eigenvalue weighted by atomic mass is 79.9. The van der Waals surface area contributed by atoms with Crippen molar-refractivity contribution in [2.24, 2.45) is 0 Å². The maximum Gasteiger partial charge on any atom is 0.295 e. The number of methoxy groups -OCH3 is 1. The fourth-order valence-electron chi connectivity index (χ4n) is 3.62. The zero-order valence-corrected chi connectivity index (χ0v) is 19.1. The van der Waals surface area contributed by atoms with Gasteiger partial charge in [-0.15, -0.1) is 0 Å². The smallest absolute Gasteiger partial charge is 0.295 e. The van der Waals surface area contributed by atoms with E-state index in [1.165, 1.54) is 4.90 Å². The minimum atomic E-state index is -0.676. The number of hydrogen-bond acceptors (Lipinski definition) is 5. The van der Waals surface area contributed by atoms with Crippen molar-refractivity contribution in [3.05, 3.63) is 69.2 Å². The summed E-state index contributed by atoms with van der Waals surface area (Å²) in [5.74, 6) is -0.781. The molecule has 30 heavy (non-hydrogen) atoms. The van der Waals surface area contributed by atoms with Crippen LogP contribution in [0.3, 0.4) is 0 Å². The van der Waals surface area contributed by atoms with Gasteiger partial charge in [-0.05, 0) is 62.5 Å². The summed E-state index contributed by atoms with van der Waals surface area (Å²) >= 11 is 3.46. The Morgan fingerprint density at radius 2 is 1.93 bits per heavy atom. The van der Waals surface area contributed by atoms with Crippen molar-refractivity contribution in [1.82, 2.24) is 9.80 Å². The molecule has 0 aromatic heterocycles. The number of ether oxygens (including phenoxy) is 1. The number of hydrogen-bond donors (Lipinski definition) is 1. The summed E-state index contributed by atoms with van der Waals surface area (Å²) in [6.07, 6.45) is 0. The van der Waals surface area contributed by atoms with Crippen molar-refractivity contribution in [1.29, 1.82) is 0 Å². The number of nitrogens with zero attached hydrogens (tertiary/aromatic N) is 2. The number of ketones is 1. The zero-order chi connectivity index (χ0) is 22.0. The summed E-state index contributed by atoms with van der Waals surface area (Å²) in [5.41, 5.74) is 2.15. The van der Waals surface area contributed by atoms with E-state index in [-0.39, 0.29) is 11.3 Å². The number of aliphatic hydroxyl groups excluding tert-OH is 1. The average Bonchev–Trinajstić information content (AvgIpc) is 2.96. The Bertz CT molecular complexity index is 1020. The summed E-state index contributed by atoms with van der Waals surface area (Å²) in [5, 5.41) is 11.1. The van der Waals surface area contributed by atoms with E-state index >= 15 is 0 Å². The molecule has 2 aromatic carbocycles. The Morgan fingerprint density at radius 1 is 1.20 bits per heavy atom. The number of halogens is 1. The molecule has 3 rings (SSSR count).